The van der Waals surface area contributed by atoms with Gasteiger partial charge in [0.15, 0.2) is 5.78 Å². The van der Waals surface area contributed by atoms with Gasteiger partial charge >= 0.3 is 0 Å². The second-order valence-electron chi connectivity index (χ2n) is 8.31. The molecule has 0 saturated heterocycles. The number of hydrogen-bond donors (Lipinski definition) is 1. The van der Waals surface area contributed by atoms with Crippen LogP contribution in [0, 0.1) is 17.3 Å². The third-order valence-electron chi connectivity index (χ3n) is 6.01. The maximum absolute atomic E-state index is 12.9. The van der Waals surface area contributed by atoms with E-state index in [-0.39, 0.29) is 23.0 Å². The Morgan fingerprint density at radius 3 is 2.50 bits per heavy atom. The number of allylic oxidation sites excluding steroid dienone is 4. The van der Waals surface area contributed by atoms with Crippen molar-refractivity contribution in [2.24, 2.45) is 17.3 Å². The van der Waals surface area contributed by atoms with Crippen molar-refractivity contribution in [2.75, 3.05) is 0 Å². The summed E-state index contributed by atoms with van der Waals surface area (Å²) >= 11 is 0. The number of carbonyl (C=O) groups excluding carboxylic acids is 1. The second-order valence-corrected chi connectivity index (χ2v) is 8.31. The fourth-order valence-electron chi connectivity index (χ4n) is 4.45. The smallest absolute Gasteiger partial charge is 0.161 e. The van der Waals surface area contributed by atoms with Crippen LogP contribution in [0.1, 0.15) is 73.1 Å². The average molecular weight is 304 g/mol. The molecule has 0 spiro atoms. The monoisotopic (exact) mass is 304 g/mol. The van der Waals surface area contributed by atoms with Crippen molar-refractivity contribution in [3.05, 3.63) is 23.3 Å². The molecule has 0 aromatic rings. The number of rotatable bonds is 1. The molecule has 2 aliphatic carbocycles. The summed E-state index contributed by atoms with van der Waals surface area (Å²) in [5.41, 5.74) is 1.59. The lowest BCUT2D eigenvalue weighted by atomic mass is 9.68. The second kappa shape index (κ2) is 6.31. The normalized spacial score (nSPS) is 34.5. The van der Waals surface area contributed by atoms with Crippen molar-refractivity contribution in [3.63, 3.8) is 0 Å². The highest BCUT2D eigenvalue weighted by molar-refractivity contribution is 5.95. The number of carbonyl (C=O) groups is 1. The number of ketones is 1. The van der Waals surface area contributed by atoms with Gasteiger partial charge in [-0.2, -0.15) is 0 Å². The third kappa shape index (κ3) is 3.53. The lowest BCUT2D eigenvalue weighted by molar-refractivity contribution is -0.126. The van der Waals surface area contributed by atoms with Crippen LogP contribution in [0.4, 0.5) is 0 Å². The molecule has 0 radical (unpaired) electrons. The van der Waals surface area contributed by atoms with Crippen LogP contribution >= 0.6 is 0 Å². The first-order valence-corrected chi connectivity index (χ1v) is 8.74. The summed E-state index contributed by atoms with van der Waals surface area (Å²) in [6, 6.07) is 0. The minimum atomic E-state index is -0.709. The van der Waals surface area contributed by atoms with Gasteiger partial charge < -0.3 is 5.11 Å². The Morgan fingerprint density at radius 2 is 1.86 bits per heavy atom. The predicted molar refractivity (Wildman–Crippen MR) is 91.6 cm³/mol. The number of aliphatic hydroxyl groups is 1. The zero-order valence-electron chi connectivity index (χ0n) is 14.9. The molecule has 3 unspecified atom stereocenters. The molecule has 0 amide bonds. The first-order valence-electron chi connectivity index (χ1n) is 8.74. The minimum absolute atomic E-state index is 0.212. The Balaban J connectivity index is 2.39. The Labute approximate surface area is 135 Å². The molecule has 0 heterocycles. The Hall–Kier alpha value is -0.890. The van der Waals surface area contributed by atoms with Gasteiger partial charge in [0.1, 0.15) is 0 Å². The maximum atomic E-state index is 12.9. The van der Waals surface area contributed by atoms with E-state index in [4.69, 9.17) is 0 Å². The van der Waals surface area contributed by atoms with Gasteiger partial charge in [0.25, 0.3) is 0 Å². The van der Waals surface area contributed by atoms with E-state index in [0.717, 1.165) is 38.5 Å². The highest BCUT2D eigenvalue weighted by Crippen LogP contribution is 2.53. The van der Waals surface area contributed by atoms with Crippen molar-refractivity contribution in [1.82, 2.24) is 0 Å². The van der Waals surface area contributed by atoms with Crippen molar-refractivity contribution < 1.29 is 9.90 Å². The van der Waals surface area contributed by atoms with E-state index in [1.807, 2.05) is 19.9 Å². The fraction of sp³-hybridized carbons (Fsp3) is 0.750. The Morgan fingerprint density at radius 1 is 1.18 bits per heavy atom. The summed E-state index contributed by atoms with van der Waals surface area (Å²) in [6.45, 7) is 10.2. The van der Waals surface area contributed by atoms with Gasteiger partial charge in [0, 0.05) is 5.41 Å². The minimum Gasteiger partial charge on any atom is -0.390 e. The van der Waals surface area contributed by atoms with Crippen LogP contribution in [0.15, 0.2) is 23.3 Å². The lowest BCUT2D eigenvalue weighted by Gasteiger charge is -2.37. The summed E-state index contributed by atoms with van der Waals surface area (Å²) in [5, 5.41) is 10.6. The highest BCUT2D eigenvalue weighted by atomic mass is 16.3. The van der Waals surface area contributed by atoms with Gasteiger partial charge in [-0.15, -0.1) is 0 Å². The standard InChI is InChI=1S/C20H32O2/c1-14-7-6-8-15(2)13-18(21)20(5)12-11-16(19(3,4)22)17(20)10-9-14/h7,13,16-17,22H,6,8-12H2,1-5H3. The summed E-state index contributed by atoms with van der Waals surface area (Å²) in [5.74, 6) is 0.760. The Bertz CT molecular complexity index is 492. The topological polar surface area (TPSA) is 37.3 Å². The van der Waals surface area contributed by atoms with Crippen molar-refractivity contribution in [2.45, 2.75) is 78.7 Å². The molecule has 22 heavy (non-hydrogen) atoms. The molecule has 1 saturated carbocycles. The van der Waals surface area contributed by atoms with E-state index in [1.54, 1.807) is 0 Å². The zero-order chi connectivity index (χ0) is 16.5. The zero-order valence-corrected chi connectivity index (χ0v) is 14.9. The van der Waals surface area contributed by atoms with E-state index >= 15 is 0 Å². The van der Waals surface area contributed by atoms with Crippen LogP contribution in [-0.4, -0.2) is 16.5 Å². The molecule has 2 heteroatoms. The molecule has 124 valence electrons. The number of fused-ring (bicyclic) bond motifs is 1. The van der Waals surface area contributed by atoms with E-state index in [1.165, 1.54) is 11.1 Å². The average Bonchev–Trinajstić information content (AvgIpc) is 2.73. The van der Waals surface area contributed by atoms with E-state index < -0.39 is 5.60 Å². The molecule has 0 bridgehead atoms. The molecule has 1 N–H and O–H groups in total. The van der Waals surface area contributed by atoms with E-state index in [0.29, 0.717) is 0 Å². The first-order chi connectivity index (χ1) is 10.1. The molecule has 3 atom stereocenters. The van der Waals surface area contributed by atoms with Crippen LogP contribution in [0.5, 0.6) is 0 Å². The summed E-state index contributed by atoms with van der Waals surface area (Å²) in [4.78, 5) is 12.9. The third-order valence-corrected chi connectivity index (χ3v) is 6.01. The molecular formula is C20H32O2. The van der Waals surface area contributed by atoms with Crippen LogP contribution in [0.25, 0.3) is 0 Å². The Kier molecular flexibility index (Phi) is 5.01. The van der Waals surface area contributed by atoms with Gasteiger partial charge in [-0.3, -0.25) is 4.79 Å². The van der Waals surface area contributed by atoms with Crippen LogP contribution in [0.2, 0.25) is 0 Å². The van der Waals surface area contributed by atoms with Gasteiger partial charge in [-0.05, 0) is 84.1 Å². The van der Waals surface area contributed by atoms with E-state index in [9.17, 15) is 9.90 Å². The lowest BCUT2D eigenvalue weighted by Crippen LogP contribution is -2.40. The predicted octanol–water partition coefficient (Wildman–Crippen LogP) is 4.83. The van der Waals surface area contributed by atoms with Crippen molar-refractivity contribution in [1.29, 1.82) is 0 Å². The molecule has 2 nitrogen and oxygen atoms in total. The molecule has 0 aromatic carbocycles. The van der Waals surface area contributed by atoms with Crippen LogP contribution < -0.4 is 0 Å². The molecule has 2 rings (SSSR count). The van der Waals surface area contributed by atoms with Gasteiger partial charge in [-0.25, -0.2) is 0 Å². The quantitative estimate of drug-likeness (QED) is 0.705. The van der Waals surface area contributed by atoms with Crippen LogP contribution in [0.3, 0.4) is 0 Å². The van der Waals surface area contributed by atoms with Crippen molar-refractivity contribution in [3.8, 4) is 0 Å². The molecule has 2 aliphatic rings. The van der Waals surface area contributed by atoms with Crippen molar-refractivity contribution >= 4 is 5.78 Å². The van der Waals surface area contributed by atoms with E-state index in [2.05, 4.69) is 26.8 Å². The van der Waals surface area contributed by atoms with Gasteiger partial charge in [-0.1, -0.05) is 24.1 Å². The van der Waals surface area contributed by atoms with Crippen LogP contribution in [-0.2, 0) is 4.79 Å². The van der Waals surface area contributed by atoms with Gasteiger partial charge in [0.05, 0.1) is 5.60 Å². The molecule has 0 aromatic heterocycles. The molecular weight excluding hydrogens is 272 g/mol. The molecule has 0 aliphatic heterocycles. The number of hydrogen-bond acceptors (Lipinski definition) is 2. The summed E-state index contributed by atoms with van der Waals surface area (Å²) in [6.07, 6.45) is 10.1. The molecule has 1 fully saturated rings. The highest BCUT2D eigenvalue weighted by Gasteiger charge is 2.52. The summed E-state index contributed by atoms with van der Waals surface area (Å²) in [7, 11) is 0. The SMILES string of the molecule is CC1=CC(=O)C2(C)CCC(C(C)(C)O)C2CCC(C)=CCC1. The first kappa shape index (κ1) is 17.5. The van der Waals surface area contributed by atoms with Gasteiger partial charge in [0.2, 0.25) is 0 Å². The maximum Gasteiger partial charge on any atom is 0.161 e. The largest absolute Gasteiger partial charge is 0.390 e. The fourth-order valence-corrected chi connectivity index (χ4v) is 4.45. The summed E-state index contributed by atoms with van der Waals surface area (Å²) < 4.78 is 0.